The third-order valence-electron chi connectivity index (χ3n) is 2.00. The van der Waals surface area contributed by atoms with E-state index in [0.717, 1.165) is 0 Å². The highest BCUT2D eigenvalue weighted by atomic mass is 16.1. The second-order valence-electron chi connectivity index (χ2n) is 2.95. The number of aromatic nitrogens is 1. The molecule has 0 amide bonds. The second-order valence-corrected chi connectivity index (χ2v) is 2.95. The van der Waals surface area contributed by atoms with E-state index in [1.807, 2.05) is 0 Å². The normalized spacial score (nSPS) is 15.0. The molecule has 1 aromatic heterocycles. The van der Waals surface area contributed by atoms with Gasteiger partial charge in [-0.3, -0.25) is 15.0 Å². The van der Waals surface area contributed by atoms with Gasteiger partial charge in [-0.05, 0) is 12.1 Å². The largest absolute Gasteiger partial charge is 0.398 e. The van der Waals surface area contributed by atoms with Crippen molar-refractivity contribution in [1.29, 1.82) is 5.41 Å². The minimum atomic E-state index is -0.507. The standard InChI is InChI=1S/C9H7N3O2/c10-5-3-6(11)9(14)8-4(5)1-2-7(13)12-8/h1-3,11H,10H2,(H,12,13). The Morgan fingerprint density at radius 3 is 2.71 bits per heavy atom. The van der Waals surface area contributed by atoms with E-state index >= 15 is 0 Å². The fraction of sp³-hybridized carbons (Fsp3) is 0. The van der Waals surface area contributed by atoms with Crippen molar-refractivity contribution >= 4 is 17.2 Å². The maximum atomic E-state index is 11.4. The van der Waals surface area contributed by atoms with E-state index in [4.69, 9.17) is 11.1 Å². The van der Waals surface area contributed by atoms with Crippen molar-refractivity contribution < 1.29 is 4.79 Å². The Morgan fingerprint density at radius 2 is 2.00 bits per heavy atom. The highest BCUT2D eigenvalue weighted by Gasteiger charge is 2.22. The Balaban J connectivity index is 2.78. The Hall–Kier alpha value is -2.17. The van der Waals surface area contributed by atoms with Gasteiger partial charge in [-0.2, -0.15) is 0 Å². The van der Waals surface area contributed by atoms with Crippen molar-refractivity contribution in [2.24, 2.45) is 5.73 Å². The lowest BCUT2D eigenvalue weighted by atomic mass is 9.97. The first-order chi connectivity index (χ1) is 6.59. The van der Waals surface area contributed by atoms with Gasteiger partial charge in [-0.15, -0.1) is 0 Å². The van der Waals surface area contributed by atoms with Gasteiger partial charge < -0.3 is 10.7 Å². The zero-order valence-corrected chi connectivity index (χ0v) is 7.13. The van der Waals surface area contributed by atoms with Gasteiger partial charge in [0.25, 0.3) is 0 Å². The summed E-state index contributed by atoms with van der Waals surface area (Å²) >= 11 is 0. The number of hydrogen-bond acceptors (Lipinski definition) is 4. The second kappa shape index (κ2) is 2.66. The number of nitrogens with one attached hydrogen (secondary N) is 2. The van der Waals surface area contributed by atoms with Crippen LogP contribution >= 0.6 is 0 Å². The van der Waals surface area contributed by atoms with Crippen molar-refractivity contribution in [2.45, 2.75) is 0 Å². The van der Waals surface area contributed by atoms with Crippen LogP contribution in [0.2, 0.25) is 0 Å². The molecule has 1 heterocycles. The molecular weight excluding hydrogens is 182 g/mol. The van der Waals surface area contributed by atoms with Crippen molar-refractivity contribution in [2.75, 3.05) is 0 Å². The summed E-state index contributed by atoms with van der Waals surface area (Å²) in [5, 5.41) is 7.30. The highest BCUT2D eigenvalue weighted by Crippen LogP contribution is 2.17. The van der Waals surface area contributed by atoms with Gasteiger partial charge in [0.2, 0.25) is 11.3 Å². The number of aromatic amines is 1. The van der Waals surface area contributed by atoms with E-state index in [1.54, 1.807) is 0 Å². The zero-order chi connectivity index (χ0) is 10.3. The molecule has 5 nitrogen and oxygen atoms in total. The number of fused-ring (bicyclic) bond motifs is 1. The Kier molecular flexibility index (Phi) is 1.60. The minimum absolute atomic E-state index is 0.0995. The molecule has 2 rings (SSSR count). The predicted octanol–water partition coefficient (Wildman–Crippen LogP) is -0.109. The third kappa shape index (κ3) is 1.06. The monoisotopic (exact) mass is 189 g/mol. The van der Waals surface area contributed by atoms with Crippen LogP contribution < -0.4 is 11.3 Å². The van der Waals surface area contributed by atoms with Gasteiger partial charge in [0, 0.05) is 17.3 Å². The van der Waals surface area contributed by atoms with Crippen LogP contribution in [0.25, 0.3) is 5.70 Å². The van der Waals surface area contributed by atoms with E-state index in [0.29, 0.717) is 11.3 Å². The third-order valence-corrected chi connectivity index (χ3v) is 2.00. The van der Waals surface area contributed by atoms with Crippen LogP contribution in [0.3, 0.4) is 0 Å². The highest BCUT2D eigenvalue weighted by molar-refractivity contribution is 6.51. The number of Topliss-reactive ketones (excluding diaryl/α,β-unsaturated/α-hetero) is 1. The van der Waals surface area contributed by atoms with Gasteiger partial charge in [-0.1, -0.05) is 0 Å². The molecule has 5 heteroatoms. The lowest BCUT2D eigenvalue weighted by molar-refractivity contribution is 0.106. The number of hydrogen-bond donors (Lipinski definition) is 3. The lowest BCUT2D eigenvalue weighted by Gasteiger charge is -2.12. The molecule has 1 aliphatic carbocycles. The Morgan fingerprint density at radius 1 is 1.29 bits per heavy atom. The van der Waals surface area contributed by atoms with Crippen molar-refractivity contribution in [3.8, 4) is 0 Å². The number of nitrogens with two attached hydrogens (primary N) is 1. The molecule has 0 aromatic carbocycles. The molecule has 0 bridgehead atoms. The van der Waals surface area contributed by atoms with Crippen molar-refractivity contribution in [3.63, 3.8) is 0 Å². The molecule has 0 saturated carbocycles. The smallest absolute Gasteiger partial charge is 0.248 e. The Labute approximate surface area is 78.8 Å². The summed E-state index contributed by atoms with van der Waals surface area (Å²) < 4.78 is 0. The van der Waals surface area contributed by atoms with Gasteiger partial charge in [0.15, 0.2) is 0 Å². The van der Waals surface area contributed by atoms with Crippen LogP contribution in [0.4, 0.5) is 0 Å². The SMILES string of the molecule is N=C1C=C(N)c2ccc(=O)[nH]c2C1=O. The number of allylic oxidation sites excluding steroid dienone is 1. The van der Waals surface area contributed by atoms with Crippen LogP contribution in [0.1, 0.15) is 16.1 Å². The lowest BCUT2D eigenvalue weighted by Crippen LogP contribution is -2.25. The first-order valence-electron chi connectivity index (χ1n) is 3.93. The van der Waals surface area contributed by atoms with Crippen molar-refractivity contribution in [1.82, 2.24) is 4.98 Å². The first-order valence-corrected chi connectivity index (χ1v) is 3.93. The molecular formula is C9H7N3O2. The Bertz CT molecular complexity index is 525. The number of rotatable bonds is 0. The van der Waals surface area contributed by atoms with Crippen LogP contribution in [-0.2, 0) is 0 Å². The molecule has 0 saturated heterocycles. The molecule has 0 atom stereocenters. The maximum Gasteiger partial charge on any atom is 0.248 e. The van der Waals surface area contributed by atoms with E-state index < -0.39 is 5.78 Å². The maximum absolute atomic E-state index is 11.4. The van der Waals surface area contributed by atoms with Crippen molar-refractivity contribution in [3.05, 3.63) is 39.8 Å². The molecule has 4 N–H and O–H groups in total. The fourth-order valence-corrected chi connectivity index (χ4v) is 1.33. The molecule has 1 aromatic rings. The summed E-state index contributed by atoms with van der Waals surface area (Å²) in [6.45, 7) is 0. The first kappa shape index (κ1) is 8.43. The summed E-state index contributed by atoms with van der Waals surface area (Å²) in [6.07, 6.45) is 1.28. The molecule has 0 radical (unpaired) electrons. The van der Waals surface area contributed by atoms with E-state index in [9.17, 15) is 9.59 Å². The summed E-state index contributed by atoms with van der Waals surface area (Å²) in [6, 6.07) is 2.77. The average molecular weight is 189 g/mol. The topological polar surface area (TPSA) is 99.8 Å². The quantitative estimate of drug-likeness (QED) is 0.530. The van der Waals surface area contributed by atoms with Gasteiger partial charge in [0.05, 0.1) is 0 Å². The van der Waals surface area contributed by atoms with Gasteiger partial charge in [-0.25, -0.2) is 0 Å². The molecule has 0 fully saturated rings. The van der Waals surface area contributed by atoms with Gasteiger partial charge >= 0.3 is 0 Å². The summed E-state index contributed by atoms with van der Waals surface area (Å²) in [7, 11) is 0. The predicted molar refractivity (Wildman–Crippen MR) is 51.3 cm³/mol. The number of pyridine rings is 1. The number of carbonyl (C=O) groups is 1. The van der Waals surface area contributed by atoms with Crippen LogP contribution in [0.15, 0.2) is 23.0 Å². The summed E-state index contributed by atoms with van der Waals surface area (Å²) in [5.41, 5.74) is 5.91. The van der Waals surface area contributed by atoms with Crippen LogP contribution in [0.5, 0.6) is 0 Å². The average Bonchev–Trinajstić information content (AvgIpc) is 2.14. The van der Waals surface area contributed by atoms with Crippen LogP contribution in [0, 0.1) is 5.41 Å². The summed E-state index contributed by atoms with van der Waals surface area (Å²) in [5.74, 6) is -0.507. The van der Waals surface area contributed by atoms with Gasteiger partial charge in [0.1, 0.15) is 11.4 Å². The number of ketones is 1. The summed E-state index contributed by atoms with van der Waals surface area (Å²) in [4.78, 5) is 24.8. The van der Waals surface area contributed by atoms with E-state index in [-0.39, 0.29) is 17.0 Å². The van der Waals surface area contributed by atoms with E-state index in [2.05, 4.69) is 4.98 Å². The fourth-order valence-electron chi connectivity index (χ4n) is 1.33. The molecule has 0 unspecified atom stereocenters. The number of carbonyl (C=O) groups excluding carboxylic acids is 1. The molecule has 14 heavy (non-hydrogen) atoms. The number of H-pyrrole nitrogens is 1. The molecule has 0 aliphatic heterocycles. The van der Waals surface area contributed by atoms with E-state index in [1.165, 1.54) is 18.2 Å². The van der Waals surface area contributed by atoms with Crippen LogP contribution in [-0.4, -0.2) is 16.5 Å². The minimum Gasteiger partial charge on any atom is -0.398 e. The molecule has 1 aliphatic rings. The molecule has 70 valence electrons. The zero-order valence-electron chi connectivity index (χ0n) is 7.13. The molecule has 0 spiro atoms.